The van der Waals surface area contributed by atoms with Gasteiger partial charge in [-0.2, -0.15) is 0 Å². The van der Waals surface area contributed by atoms with E-state index < -0.39 is 0 Å². The number of amides is 1. The molecule has 5 rings (SSSR count). The maximum atomic E-state index is 13.3. The molecule has 1 aliphatic rings. The van der Waals surface area contributed by atoms with E-state index >= 15 is 0 Å². The number of rotatable bonds is 7. The van der Waals surface area contributed by atoms with Gasteiger partial charge in [0.05, 0.1) is 19.3 Å². The lowest BCUT2D eigenvalue weighted by atomic mass is 10.1. The molecule has 0 bridgehead atoms. The van der Waals surface area contributed by atoms with Crippen molar-refractivity contribution >= 4 is 45.9 Å². The maximum absolute atomic E-state index is 13.3. The van der Waals surface area contributed by atoms with Gasteiger partial charge in [-0.1, -0.05) is 36.4 Å². The van der Waals surface area contributed by atoms with Gasteiger partial charge in [-0.25, -0.2) is 0 Å². The number of nitrogens with zero attached hydrogens (tertiary/aromatic N) is 2. The summed E-state index contributed by atoms with van der Waals surface area (Å²) in [7, 11) is 1.63. The molecule has 1 saturated heterocycles. The number of fused-ring (bicyclic) bond motifs is 1. The van der Waals surface area contributed by atoms with E-state index in [1.54, 1.807) is 12.0 Å². The molecule has 4 aromatic rings. The number of nitrogens with one attached hydrogen (secondary N) is 1. The Balaban J connectivity index is 1.40. The number of anilines is 1. The molecule has 0 radical (unpaired) electrons. The summed E-state index contributed by atoms with van der Waals surface area (Å²) in [5.41, 5.74) is 5.49. The Labute approximate surface area is 215 Å². The summed E-state index contributed by atoms with van der Waals surface area (Å²) in [5, 5.41) is 4.53. The van der Waals surface area contributed by atoms with Gasteiger partial charge in [0.1, 0.15) is 12.3 Å². The van der Waals surface area contributed by atoms with E-state index in [-0.39, 0.29) is 5.91 Å². The molecular formula is C29H27N3O3S. The molecule has 1 aliphatic heterocycles. The van der Waals surface area contributed by atoms with E-state index in [9.17, 15) is 4.79 Å². The van der Waals surface area contributed by atoms with Crippen LogP contribution in [0.1, 0.15) is 16.7 Å². The first-order chi connectivity index (χ1) is 17.5. The summed E-state index contributed by atoms with van der Waals surface area (Å²) in [6.45, 7) is 5.18. The van der Waals surface area contributed by atoms with Gasteiger partial charge < -0.3 is 19.4 Å². The Bertz CT molecular complexity index is 1500. The normalized spacial score (nSPS) is 14.5. The molecule has 0 unspecified atom stereocenters. The van der Waals surface area contributed by atoms with Crippen LogP contribution in [0, 0.1) is 13.8 Å². The van der Waals surface area contributed by atoms with Crippen LogP contribution in [0.25, 0.3) is 17.0 Å². The van der Waals surface area contributed by atoms with E-state index in [1.165, 1.54) is 5.56 Å². The Morgan fingerprint density at radius 2 is 1.72 bits per heavy atom. The Morgan fingerprint density at radius 1 is 0.972 bits per heavy atom. The minimum atomic E-state index is -0.167. The van der Waals surface area contributed by atoms with Crippen LogP contribution in [0.3, 0.4) is 0 Å². The van der Waals surface area contributed by atoms with Crippen molar-refractivity contribution in [3.05, 3.63) is 95.3 Å². The largest absolute Gasteiger partial charge is 0.493 e. The predicted molar refractivity (Wildman–Crippen MR) is 148 cm³/mol. The monoisotopic (exact) mass is 497 g/mol. The lowest BCUT2D eigenvalue weighted by molar-refractivity contribution is -0.113. The number of methoxy groups -OCH3 is 1. The van der Waals surface area contributed by atoms with Crippen molar-refractivity contribution in [1.82, 2.24) is 9.88 Å². The van der Waals surface area contributed by atoms with E-state index in [4.69, 9.17) is 21.7 Å². The van der Waals surface area contributed by atoms with Gasteiger partial charge in [-0.15, -0.1) is 0 Å². The van der Waals surface area contributed by atoms with Crippen molar-refractivity contribution in [2.45, 2.75) is 20.4 Å². The molecular weight excluding hydrogens is 470 g/mol. The van der Waals surface area contributed by atoms with Crippen LogP contribution in [-0.2, 0) is 11.3 Å². The number of hydrogen-bond donors (Lipinski definition) is 1. The van der Waals surface area contributed by atoms with E-state index in [0.29, 0.717) is 35.5 Å². The standard InChI is InChI=1S/C29H27N3O3S/c1-19-12-13-22(16-20(19)2)32-28(33)24(30-29(32)36)17-21-18-31(25-9-5-4-8-23(21)25)14-15-35-27-11-7-6-10-26(27)34-3/h4-13,16-18H,14-15H2,1-3H3,(H,30,36)/b24-17-. The number of thiocarbonyl (C=S) groups is 1. The van der Waals surface area contributed by atoms with Gasteiger partial charge in [0, 0.05) is 22.7 Å². The number of carbonyl (C=O) groups is 1. The lowest BCUT2D eigenvalue weighted by Gasteiger charge is -2.15. The van der Waals surface area contributed by atoms with Crippen molar-refractivity contribution in [3.8, 4) is 11.5 Å². The number of benzene rings is 3. The molecule has 1 aromatic heterocycles. The molecule has 7 heteroatoms. The zero-order valence-corrected chi connectivity index (χ0v) is 21.3. The van der Waals surface area contributed by atoms with Gasteiger partial charge in [0.2, 0.25) is 0 Å². The molecule has 0 saturated carbocycles. The van der Waals surface area contributed by atoms with Crippen molar-refractivity contribution in [1.29, 1.82) is 0 Å². The average Bonchev–Trinajstić information content (AvgIpc) is 3.37. The van der Waals surface area contributed by atoms with Crippen molar-refractivity contribution in [3.63, 3.8) is 0 Å². The number of aryl methyl sites for hydroxylation is 2. The topological polar surface area (TPSA) is 55.7 Å². The zero-order valence-electron chi connectivity index (χ0n) is 20.4. The summed E-state index contributed by atoms with van der Waals surface area (Å²) in [6.07, 6.45) is 3.91. The highest BCUT2D eigenvalue weighted by Gasteiger charge is 2.32. The third kappa shape index (κ3) is 4.45. The van der Waals surface area contributed by atoms with Gasteiger partial charge in [0.15, 0.2) is 16.6 Å². The molecule has 1 N–H and O–H groups in total. The summed E-state index contributed by atoms with van der Waals surface area (Å²) in [6, 6.07) is 21.6. The Morgan fingerprint density at radius 3 is 2.50 bits per heavy atom. The molecule has 36 heavy (non-hydrogen) atoms. The van der Waals surface area contributed by atoms with Crippen LogP contribution in [0.5, 0.6) is 11.5 Å². The van der Waals surface area contributed by atoms with Crippen molar-refractivity contribution in [2.75, 3.05) is 18.6 Å². The summed E-state index contributed by atoms with van der Waals surface area (Å²) < 4.78 is 13.5. The molecule has 3 aromatic carbocycles. The lowest BCUT2D eigenvalue weighted by Crippen LogP contribution is -2.30. The van der Waals surface area contributed by atoms with Gasteiger partial charge in [-0.05, 0) is 73.6 Å². The fourth-order valence-electron chi connectivity index (χ4n) is 4.36. The van der Waals surface area contributed by atoms with Crippen LogP contribution in [0.15, 0.2) is 78.6 Å². The molecule has 0 spiro atoms. The summed E-state index contributed by atoms with van der Waals surface area (Å²) >= 11 is 5.52. The molecule has 1 amide bonds. The molecule has 2 heterocycles. The van der Waals surface area contributed by atoms with Crippen LogP contribution >= 0.6 is 12.2 Å². The highest BCUT2D eigenvalue weighted by atomic mass is 32.1. The van der Waals surface area contributed by atoms with Gasteiger partial charge >= 0.3 is 0 Å². The molecule has 1 fully saturated rings. The van der Waals surface area contributed by atoms with Crippen LogP contribution in [0.2, 0.25) is 0 Å². The maximum Gasteiger partial charge on any atom is 0.281 e. The number of ether oxygens (including phenoxy) is 2. The van der Waals surface area contributed by atoms with Gasteiger partial charge in [-0.3, -0.25) is 9.69 Å². The third-order valence-corrected chi connectivity index (χ3v) is 6.69. The fraction of sp³-hybridized carbons (Fsp3) is 0.172. The average molecular weight is 498 g/mol. The predicted octanol–water partition coefficient (Wildman–Crippen LogP) is 5.61. The highest BCUT2D eigenvalue weighted by molar-refractivity contribution is 7.80. The second-order valence-electron chi connectivity index (χ2n) is 8.69. The minimum Gasteiger partial charge on any atom is -0.493 e. The first-order valence-electron chi connectivity index (χ1n) is 11.7. The minimum absolute atomic E-state index is 0.167. The number of aromatic nitrogens is 1. The summed E-state index contributed by atoms with van der Waals surface area (Å²) in [5.74, 6) is 1.24. The first-order valence-corrected chi connectivity index (χ1v) is 12.1. The van der Waals surface area contributed by atoms with Crippen molar-refractivity contribution < 1.29 is 14.3 Å². The number of hydrogen-bond acceptors (Lipinski definition) is 4. The SMILES string of the molecule is COc1ccccc1OCCn1cc(/C=C2\NC(=S)N(c3ccc(C)c(C)c3)C2=O)c2ccccc21. The second kappa shape index (κ2) is 9.87. The molecule has 0 aliphatic carbocycles. The van der Waals surface area contributed by atoms with E-state index in [0.717, 1.165) is 27.7 Å². The van der Waals surface area contributed by atoms with E-state index in [1.807, 2.05) is 80.7 Å². The molecule has 182 valence electrons. The quantitative estimate of drug-likeness (QED) is 0.266. The number of para-hydroxylation sites is 3. The summed E-state index contributed by atoms with van der Waals surface area (Å²) in [4.78, 5) is 14.9. The van der Waals surface area contributed by atoms with Crippen LogP contribution < -0.4 is 19.7 Å². The first kappa shape index (κ1) is 23.6. The Kier molecular flexibility index (Phi) is 6.48. The van der Waals surface area contributed by atoms with Crippen LogP contribution in [-0.4, -0.2) is 29.3 Å². The molecule has 6 nitrogen and oxygen atoms in total. The second-order valence-corrected chi connectivity index (χ2v) is 9.08. The highest BCUT2D eigenvalue weighted by Crippen LogP contribution is 2.29. The smallest absolute Gasteiger partial charge is 0.281 e. The molecule has 0 atom stereocenters. The third-order valence-electron chi connectivity index (χ3n) is 6.40. The Hall–Kier alpha value is -4.10. The number of carbonyl (C=O) groups excluding carboxylic acids is 1. The van der Waals surface area contributed by atoms with Gasteiger partial charge in [0.25, 0.3) is 5.91 Å². The zero-order chi connectivity index (χ0) is 25.2. The van der Waals surface area contributed by atoms with Crippen molar-refractivity contribution in [2.24, 2.45) is 0 Å². The van der Waals surface area contributed by atoms with E-state index in [2.05, 4.69) is 22.0 Å². The fourth-order valence-corrected chi connectivity index (χ4v) is 4.66. The van der Waals surface area contributed by atoms with Crippen LogP contribution in [0.4, 0.5) is 5.69 Å².